The molecule has 2 aromatic heterocycles. The van der Waals surface area contributed by atoms with Crippen LogP contribution in [0.1, 0.15) is 43.0 Å². The Kier molecular flexibility index (Phi) is 5.11. The molecule has 0 unspecified atom stereocenters. The van der Waals surface area contributed by atoms with Gasteiger partial charge in [0, 0.05) is 31.6 Å². The molecular weight excluding hydrogens is 344 g/mol. The van der Waals surface area contributed by atoms with Crippen LogP contribution in [-0.4, -0.2) is 53.6 Å². The van der Waals surface area contributed by atoms with E-state index >= 15 is 0 Å². The highest BCUT2D eigenvalue weighted by Crippen LogP contribution is 2.20. The maximum absolute atomic E-state index is 12.6. The standard InChI is InChI=1S/C17H18N2O3S2/c1-12(20)14-3-4-15(24-14)17(22)19-7-2-6-18(8-9-19)16(21)13-5-10-23-11-13/h3-5,10-11H,2,6-9H2,1H3. The van der Waals surface area contributed by atoms with Crippen molar-refractivity contribution in [2.45, 2.75) is 13.3 Å². The van der Waals surface area contributed by atoms with E-state index in [4.69, 9.17) is 0 Å². The number of ketones is 1. The number of carbonyl (C=O) groups is 3. The van der Waals surface area contributed by atoms with Crippen LogP contribution in [0.2, 0.25) is 0 Å². The van der Waals surface area contributed by atoms with Crippen LogP contribution in [0.5, 0.6) is 0 Å². The number of carbonyl (C=O) groups excluding carboxylic acids is 3. The van der Waals surface area contributed by atoms with Crippen LogP contribution < -0.4 is 0 Å². The Bertz CT molecular complexity index is 752. The summed E-state index contributed by atoms with van der Waals surface area (Å²) in [5, 5.41) is 3.75. The number of amides is 2. The van der Waals surface area contributed by atoms with Gasteiger partial charge < -0.3 is 9.80 Å². The molecule has 126 valence electrons. The van der Waals surface area contributed by atoms with Gasteiger partial charge in [-0.2, -0.15) is 11.3 Å². The monoisotopic (exact) mass is 362 g/mol. The lowest BCUT2D eigenvalue weighted by Gasteiger charge is -2.21. The summed E-state index contributed by atoms with van der Waals surface area (Å²) in [6.07, 6.45) is 0.757. The van der Waals surface area contributed by atoms with Crippen molar-refractivity contribution in [3.63, 3.8) is 0 Å². The summed E-state index contributed by atoms with van der Waals surface area (Å²) < 4.78 is 0. The van der Waals surface area contributed by atoms with Crippen molar-refractivity contribution in [2.24, 2.45) is 0 Å². The first-order valence-electron chi connectivity index (χ1n) is 7.78. The van der Waals surface area contributed by atoms with E-state index in [9.17, 15) is 14.4 Å². The second kappa shape index (κ2) is 7.27. The fourth-order valence-electron chi connectivity index (χ4n) is 2.69. The highest BCUT2D eigenvalue weighted by atomic mass is 32.1. The minimum Gasteiger partial charge on any atom is -0.337 e. The molecule has 7 heteroatoms. The van der Waals surface area contributed by atoms with Gasteiger partial charge in [-0.15, -0.1) is 11.3 Å². The van der Waals surface area contributed by atoms with Gasteiger partial charge in [0.15, 0.2) is 5.78 Å². The summed E-state index contributed by atoms with van der Waals surface area (Å²) in [6, 6.07) is 5.24. The zero-order valence-corrected chi connectivity index (χ0v) is 15.0. The molecule has 0 radical (unpaired) electrons. The van der Waals surface area contributed by atoms with Gasteiger partial charge in [-0.25, -0.2) is 0 Å². The van der Waals surface area contributed by atoms with Crippen LogP contribution in [0.3, 0.4) is 0 Å². The molecule has 2 aromatic rings. The van der Waals surface area contributed by atoms with Crippen LogP contribution in [-0.2, 0) is 0 Å². The van der Waals surface area contributed by atoms with Crippen LogP contribution >= 0.6 is 22.7 Å². The zero-order chi connectivity index (χ0) is 17.1. The lowest BCUT2D eigenvalue weighted by molar-refractivity contribution is 0.0721. The predicted octanol–water partition coefficient (Wildman–Crippen LogP) is 3.00. The molecular formula is C17H18N2O3S2. The van der Waals surface area contributed by atoms with Gasteiger partial charge in [-0.1, -0.05) is 0 Å². The van der Waals surface area contributed by atoms with E-state index in [2.05, 4.69) is 0 Å². The van der Waals surface area contributed by atoms with E-state index in [0.29, 0.717) is 41.5 Å². The smallest absolute Gasteiger partial charge is 0.264 e. The number of Topliss-reactive ketones (excluding diaryl/α,β-unsaturated/α-hetero) is 1. The Morgan fingerprint density at radius 1 is 0.917 bits per heavy atom. The molecule has 1 saturated heterocycles. The van der Waals surface area contributed by atoms with Gasteiger partial charge in [0.25, 0.3) is 11.8 Å². The van der Waals surface area contributed by atoms with Crippen molar-refractivity contribution in [1.82, 2.24) is 9.80 Å². The van der Waals surface area contributed by atoms with Gasteiger partial charge in [-0.05, 0) is 36.9 Å². The van der Waals surface area contributed by atoms with Crippen LogP contribution in [0.15, 0.2) is 29.0 Å². The molecule has 0 aliphatic carbocycles. The van der Waals surface area contributed by atoms with Crippen LogP contribution in [0, 0.1) is 0 Å². The fourth-order valence-corrected chi connectivity index (χ4v) is 4.19. The van der Waals surface area contributed by atoms with E-state index in [0.717, 1.165) is 6.42 Å². The van der Waals surface area contributed by atoms with Crippen molar-refractivity contribution in [3.8, 4) is 0 Å². The van der Waals surface area contributed by atoms with Crippen LogP contribution in [0.4, 0.5) is 0 Å². The third-order valence-corrected chi connectivity index (χ3v) is 5.86. The van der Waals surface area contributed by atoms with Gasteiger partial charge in [-0.3, -0.25) is 14.4 Å². The van der Waals surface area contributed by atoms with Gasteiger partial charge in [0.05, 0.1) is 15.3 Å². The molecule has 0 saturated carbocycles. The Morgan fingerprint density at radius 3 is 2.17 bits per heavy atom. The summed E-state index contributed by atoms with van der Waals surface area (Å²) in [7, 11) is 0. The van der Waals surface area contributed by atoms with E-state index in [1.54, 1.807) is 17.0 Å². The molecule has 24 heavy (non-hydrogen) atoms. The van der Waals surface area contributed by atoms with Gasteiger partial charge in [0.2, 0.25) is 0 Å². The van der Waals surface area contributed by atoms with Crippen LogP contribution in [0.25, 0.3) is 0 Å². The summed E-state index contributed by atoms with van der Waals surface area (Å²) in [5.41, 5.74) is 0.712. The molecule has 0 bridgehead atoms. The largest absolute Gasteiger partial charge is 0.337 e. The summed E-state index contributed by atoms with van der Waals surface area (Å²) in [6.45, 7) is 3.83. The Morgan fingerprint density at radius 2 is 1.58 bits per heavy atom. The highest BCUT2D eigenvalue weighted by Gasteiger charge is 2.24. The number of rotatable bonds is 3. The molecule has 1 aliphatic heterocycles. The quantitative estimate of drug-likeness (QED) is 0.789. The number of nitrogens with zero attached hydrogens (tertiary/aromatic N) is 2. The molecule has 0 spiro atoms. The van der Waals surface area contributed by atoms with Gasteiger partial charge in [0.1, 0.15) is 0 Å². The molecule has 0 atom stereocenters. The molecule has 3 rings (SSSR count). The third kappa shape index (κ3) is 3.57. The molecule has 2 amide bonds. The topological polar surface area (TPSA) is 57.7 Å². The minimum atomic E-state index is -0.0580. The molecule has 1 fully saturated rings. The first-order valence-corrected chi connectivity index (χ1v) is 9.53. The zero-order valence-electron chi connectivity index (χ0n) is 13.4. The lowest BCUT2D eigenvalue weighted by Crippen LogP contribution is -2.37. The van der Waals surface area contributed by atoms with Crippen molar-refractivity contribution in [2.75, 3.05) is 26.2 Å². The average Bonchev–Trinajstić information content (AvgIpc) is 3.21. The third-order valence-electron chi connectivity index (χ3n) is 4.00. The minimum absolute atomic E-state index is 0.0255. The summed E-state index contributed by atoms with van der Waals surface area (Å²) in [5.74, 6) is -0.0553. The Labute approximate surface area is 148 Å². The predicted molar refractivity (Wildman–Crippen MR) is 95.1 cm³/mol. The first-order chi connectivity index (χ1) is 11.6. The lowest BCUT2D eigenvalue weighted by atomic mass is 10.3. The Hall–Kier alpha value is -1.99. The molecule has 3 heterocycles. The van der Waals surface area contributed by atoms with Crippen molar-refractivity contribution in [3.05, 3.63) is 44.3 Å². The SMILES string of the molecule is CC(=O)c1ccc(C(=O)N2CCCN(C(=O)c3ccsc3)CC2)s1. The van der Waals surface area contributed by atoms with Gasteiger partial charge >= 0.3 is 0 Å². The molecule has 0 N–H and O–H groups in total. The maximum atomic E-state index is 12.6. The molecule has 0 aromatic carbocycles. The molecule has 5 nitrogen and oxygen atoms in total. The Balaban J connectivity index is 1.65. The maximum Gasteiger partial charge on any atom is 0.264 e. The average molecular weight is 362 g/mol. The van der Waals surface area contributed by atoms with E-state index in [1.807, 2.05) is 21.7 Å². The second-order valence-electron chi connectivity index (χ2n) is 5.67. The molecule has 1 aliphatic rings. The second-order valence-corrected chi connectivity index (χ2v) is 7.53. The van der Waals surface area contributed by atoms with E-state index in [-0.39, 0.29) is 17.6 Å². The first kappa shape index (κ1) is 16.9. The normalized spacial score (nSPS) is 15.2. The summed E-state index contributed by atoms with van der Waals surface area (Å²) in [4.78, 5) is 41.2. The van der Waals surface area contributed by atoms with E-state index < -0.39 is 0 Å². The number of hydrogen-bond acceptors (Lipinski definition) is 5. The number of thiophene rings is 2. The fraction of sp³-hybridized carbons (Fsp3) is 0.353. The van der Waals surface area contributed by atoms with Crippen molar-refractivity contribution < 1.29 is 14.4 Å². The van der Waals surface area contributed by atoms with Crippen molar-refractivity contribution in [1.29, 1.82) is 0 Å². The highest BCUT2D eigenvalue weighted by molar-refractivity contribution is 7.15. The summed E-state index contributed by atoms with van der Waals surface area (Å²) >= 11 is 2.74. The van der Waals surface area contributed by atoms with E-state index in [1.165, 1.54) is 29.6 Å². The van der Waals surface area contributed by atoms with Crippen molar-refractivity contribution >= 4 is 40.3 Å². The number of hydrogen-bond donors (Lipinski definition) is 0.